The first-order valence-corrected chi connectivity index (χ1v) is 10.8. The van der Waals surface area contributed by atoms with Gasteiger partial charge in [-0.2, -0.15) is 4.40 Å². The van der Waals surface area contributed by atoms with Crippen molar-refractivity contribution in [3.8, 4) is 0 Å². The molecule has 6 rings (SSSR count). The van der Waals surface area contributed by atoms with Crippen LogP contribution in [0.1, 0.15) is 0 Å². The van der Waals surface area contributed by atoms with Gasteiger partial charge in [0.25, 0.3) is 0 Å². The normalized spacial score (nSPS) is 11.9. The molecule has 0 aliphatic carbocycles. The van der Waals surface area contributed by atoms with Crippen molar-refractivity contribution in [3.63, 3.8) is 0 Å². The average Bonchev–Trinajstić information content (AvgIpc) is 2.77. The molecule has 0 atom stereocenters. The zero-order valence-electron chi connectivity index (χ0n) is 16.2. The van der Waals surface area contributed by atoms with Crippen molar-refractivity contribution >= 4 is 48.9 Å². The highest BCUT2D eigenvalue weighted by molar-refractivity contribution is 6.07. The minimum atomic E-state index is -4.94. The highest BCUT2D eigenvalue weighted by Crippen LogP contribution is 2.28. The maximum absolute atomic E-state index is 8.49. The van der Waals surface area contributed by atoms with Crippen molar-refractivity contribution in [2.75, 3.05) is 0 Å². The molecule has 2 aromatic heterocycles. The molecule has 5 nitrogen and oxygen atoms in total. The molecule has 0 saturated carbocycles. The summed E-state index contributed by atoms with van der Waals surface area (Å²) in [6.45, 7) is 0. The molecule has 0 N–H and O–H groups in total. The summed E-state index contributed by atoms with van der Waals surface area (Å²) in [6, 6.07) is 35.1. The van der Waals surface area contributed by atoms with Crippen LogP contribution in [0.15, 0.2) is 97.1 Å². The van der Waals surface area contributed by atoms with E-state index in [1.807, 2.05) is 0 Å². The minimum Gasteiger partial charge on any atom is -0.222 e. The van der Waals surface area contributed by atoms with Crippen LogP contribution < -0.4 is 23.0 Å². The summed E-state index contributed by atoms with van der Waals surface area (Å²) in [6.07, 6.45) is 0. The molecule has 0 unspecified atom stereocenters. The average molecular weight is 430 g/mol. The summed E-state index contributed by atoms with van der Waals surface area (Å²) >= 11 is 0. The maximum atomic E-state index is 8.49. The number of aromatic nitrogens is 1. The molecule has 6 heteroatoms. The highest BCUT2D eigenvalue weighted by Gasteiger charge is 2.18. The molecule has 152 valence electrons. The third kappa shape index (κ3) is 3.65. The molecular formula is C25H16ClNO4. The molecule has 31 heavy (non-hydrogen) atoms. The zero-order valence-corrected chi connectivity index (χ0v) is 17.0. The molecule has 0 bridgehead atoms. The van der Waals surface area contributed by atoms with E-state index < -0.39 is 10.2 Å². The van der Waals surface area contributed by atoms with Crippen molar-refractivity contribution < 1.29 is 33.3 Å². The van der Waals surface area contributed by atoms with E-state index in [1.54, 1.807) is 0 Å². The first-order chi connectivity index (χ1) is 14.9. The smallest absolute Gasteiger partial charge is 0.222 e. The molecule has 0 amide bonds. The van der Waals surface area contributed by atoms with Crippen LogP contribution in [0.2, 0.25) is 0 Å². The van der Waals surface area contributed by atoms with Crippen molar-refractivity contribution in [2.45, 2.75) is 0 Å². The molecule has 2 heterocycles. The minimum absolute atomic E-state index is 1.22. The third-order valence-corrected chi connectivity index (χ3v) is 5.44. The van der Waals surface area contributed by atoms with E-state index in [0.717, 1.165) is 0 Å². The van der Waals surface area contributed by atoms with E-state index in [0.29, 0.717) is 0 Å². The van der Waals surface area contributed by atoms with Crippen LogP contribution in [0.5, 0.6) is 0 Å². The summed E-state index contributed by atoms with van der Waals surface area (Å²) in [5, 5.41) is 7.67. The lowest BCUT2D eigenvalue weighted by Crippen LogP contribution is -2.68. The van der Waals surface area contributed by atoms with Crippen LogP contribution in [0.25, 0.3) is 48.9 Å². The third-order valence-electron chi connectivity index (χ3n) is 5.44. The number of hydrogen-bond donors (Lipinski definition) is 0. The Bertz CT molecular complexity index is 1470. The van der Waals surface area contributed by atoms with E-state index in [-0.39, 0.29) is 0 Å². The van der Waals surface area contributed by atoms with Gasteiger partial charge in [-0.05, 0) is 47.2 Å². The van der Waals surface area contributed by atoms with Gasteiger partial charge >= 0.3 is 0 Å². The molecule has 0 aliphatic rings. The molecule has 0 saturated heterocycles. The predicted octanol–water partition coefficient (Wildman–Crippen LogP) is 1.28. The summed E-state index contributed by atoms with van der Waals surface area (Å²) in [7, 11) is -4.94. The van der Waals surface area contributed by atoms with Crippen molar-refractivity contribution in [2.24, 2.45) is 0 Å². The van der Waals surface area contributed by atoms with Crippen LogP contribution in [0, 0.1) is 10.2 Å². The zero-order chi connectivity index (χ0) is 21.6. The number of hydrogen-bond acceptors (Lipinski definition) is 4. The van der Waals surface area contributed by atoms with Crippen LogP contribution in [-0.4, -0.2) is 0 Å². The molecule has 0 radical (unpaired) electrons. The van der Waals surface area contributed by atoms with E-state index in [1.165, 1.54) is 48.9 Å². The van der Waals surface area contributed by atoms with Gasteiger partial charge in [-0.3, -0.25) is 0 Å². The second-order valence-electron chi connectivity index (χ2n) is 7.25. The number of fused-ring (bicyclic) bond motifs is 9. The fraction of sp³-hybridized carbons (Fsp3) is 0. The molecular weight excluding hydrogens is 414 g/mol. The Labute approximate surface area is 179 Å². The second-order valence-corrected chi connectivity index (χ2v) is 8.01. The topological polar surface area (TPSA) is 96.3 Å². The van der Waals surface area contributed by atoms with Gasteiger partial charge in [-0.25, -0.2) is 18.6 Å². The van der Waals surface area contributed by atoms with E-state index in [9.17, 15) is 0 Å². The maximum Gasteiger partial charge on any atom is 0.226 e. The van der Waals surface area contributed by atoms with Crippen molar-refractivity contribution in [1.82, 2.24) is 0 Å². The molecule has 4 aromatic carbocycles. The number of nitrogens with zero attached hydrogens (tertiary/aromatic N) is 1. The summed E-state index contributed by atoms with van der Waals surface area (Å²) in [5.41, 5.74) is 3.78. The Morgan fingerprint density at radius 1 is 0.452 bits per heavy atom. The molecule has 0 fully saturated rings. The van der Waals surface area contributed by atoms with Gasteiger partial charge < -0.3 is 0 Å². The lowest BCUT2D eigenvalue weighted by molar-refractivity contribution is -2.00. The fourth-order valence-corrected chi connectivity index (χ4v) is 4.24. The molecule has 0 aliphatic heterocycles. The quantitative estimate of drug-likeness (QED) is 0.268. The van der Waals surface area contributed by atoms with E-state index in [4.69, 9.17) is 18.6 Å². The Balaban J connectivity index is 0.000000371. The van der Waals surface area contributed by atoms with Crippen LogP contribution >= 0.6 is 0 Å². The van der Waals surface area contributed by atoms with Gasteiger partial charge in [-0.1, -0.05) is 48.5 Å². The first-order valence-electron chi connectivity index (χ1n) is 9.59. The molecule has 0 spiro atoms. The standard InChI is InChI=1S/C25H16N.ClHO4/c1-3-7-22-17(5-1)9-11-19-13-15-21-16-14-20-12-10-18-6-2-4-8-23(18)25(20)26(21)24(19)22;2-1(3,4)5/h1-16H;(H,2,3,4,5)/q+1;/p-1. The number of pyridine rings is 2. The van der Waals surface area contributed by atoms with Crippen LogP contribution in [0.3, 0.4) is 0 Å². The lowest BCUT2D eigenvalue weighted by atomic mass is 10.0. The Morgan fingerprint density at radius 2 is 0.806 bits per heavy atom. The number of rotatable bonds is 0. The van der Waals surface area contributed by atoms with Gasteiger partial charge in [0.15, 0.2) is 0 Å². The largest absolute Gasteiger partial charge is 0.226 e. The Hall–Kier alpha value is -3.32. The summed E-state index contributed by atoms with van der Waals surface area (Å²) < 4.78 is 36.4. The molecule has 6 aromatic rings. The Kier molecular flexibility index (Phi) is 4.70. The van der Waals surface area contributed by atoms with Gasteiger partial charge in [-0.15, -0.1) is 10.2 Å². The Morgan fingerprint density at radius 3 is 1.26 bits per heavy atom. The van der Waals surface area contributed by atoms with Gasteiger partial charge in [0, 0.05) is 22.9 Å². The monoisotopic (exact) mass is 429 g/mol. The van der Waals surface area contributed by atoms with Gasteiger partial charge in [0.2, 0.25) is 16.6 Å². The fourth-order valence-electron chi connectivity index (χ4n) is 4.24. The van der Waals surface area contributed by atoms with Crippen LogP contribution in [0.4, 0.5) is 0 Å². The predicted molar refractivity (Wildman–Crippen MR) is 110 cm³/mol. The second kappa shape index (κ2) is 7.42. The van der Waals surface area contributed by atoms with Crippen molar-refractivity contribution in [3.05, 3.63) is 97.1 Å². The summed E-state index contributed by atoms with van der Waals surface area (Å²) in [4.78, 5) is 0. The number of benzene rings is 4. The van der Waals surface area contributed by atoms with Gasteiger partial charge in [0.1, 0.15) is 0 Å². The lowest BCUT2D eigenvalue weighted by Gasteiger charge is -2.17. The number of halogens is 1. The van der Waals surface area contributed by atoms with Crippen molar-refractivity contribution in [1.29, 1.82) is 0 Å². The first kappa shape index (κ1) is 19.6. The summed E-state index contributed by atoms with van der Waals surface area (Å²) in [5.74, 6) is 0. The van der Waals surface area contributed by atoms with Crippen LogP contribution in [-0.2, 0) is 0 Å². The van der Waals surface area contributed by atoms with E-state index >= 15 is 0 Å². The van der Waals surface area contributed by atoms with Gasteiger partial charge in [0.05, 0.1) is 10.8 Å². The van der Waals surface area contributed by atoms with E-state index in [2.05, 4.69) is 101 Å². The SMILES string of the molecule is [O-][Cl+3]([O-])([O-])[O-].c1ccc2c(c1)ccc1ccc3ccc4ccc5ccccc5c4[n+]3c12. The highest BCUT2D eigenvalue weighted by atomic mass is 35.7.